The lowest BCUT2D eigenvalue weighted by molar-refractivity contribution is 0.101. The molecule has 0 aliphatic rings. The molecule has 0 atom stereocenters. The fourth-order valence-corrected chi connectivity index (χ4v) is 2.89. The second-order valence-electron chi connectivity index (χ2n) is 4.82. The van der Waals surface area contributed by atoms with Crippen LogP contribution in [-0.2, 0) is 0 Å². The lowest BCUT2D eigenvalue weighted by Crippen LogP contribution is -2.13. The van der Waals surface area contributed by atoms with Gasteiger partial charge in [-0.2, -0.15) is 0 Å². The Hall–Kier alpha value is -2.93. The predicted molar refractivity (Wildman–Crippen MR) is 87.2 cm³/mol. The summed E-state index contributed by atoms with van der Waals surface area (Å²) in [4.78, 5) is 27.8. The van der Waals surface area contributed by atoms with E-state index in [1.165, 1.54) is 24.4 Å². The first-order chi connectivity index (χ1) is 11.6. The molecule has 1 aromatic heterocycles. The number of aromatic nitrogens is 1. The Morgan fingerprint density at radius 1 is 1.12 bits per heavy atom. The number of nitrogens with zero attached hydrogens (tertiary/aromatic N) is 1. The van der Waals surface area contributed by atoms with Crippen molar-refractivity contribution in [3.05, 3.63) is 71.4 Å². The van der Waals surface area contributed by atoms with Gasteiger partial charge in [0, 0.05) is 11.8 Å². The molecule has 0 unspecified atom stereocenters. The Morgan fingerprint density at radius 3 is 2.67 bits per heavy atom. The molecule has 24 heavy (non-hydrogen) atoms. The van der Waals surface area contributed by atoms with Gasteiger partial charge in [0.1, 0.15) is 0 Å². The third kappa shape index (κ3) is 3.21. The molecule has 0 aliphatic carbocycles. The van der Waals surface area contributed by atoms with Crippen molar-refractivity contribution in [2.75, 3.05) is 5.32 Å². The molecule has 7 heteroatoms. The summed E-state index contributed by atoms with van der Waals surface area (Å²) in [6.45, 7) is 0. The highest BCUT2D eigenvalue weighted by Gasteiger charge is 2.13. The quantitative estimate of drug-likeness (QED) is 0.723. The average Bonchev–Trinajstić information content (AvgIpc) is 3.05. The van der Waals surface area contributed by atoms with E-state index in [0.717, 1.165) is 23.5 Å². The van der Waals surface area contributed by atoms with Crippen LogP contribution in [0.1, 0.15) is 20.7 Å². The number of rotatable bonds is 4. The van der Waals surface area contributed by atoms with Crippen molar-refractivity contribution >= 4 is 28.7 Å². The van der Waals surface area contributed by atoms with Gasteiger partial charge in [-0.1, -0.05) is 35.6 Å². The van der Waals surface area contributed by atoms with Gasteiger partial charge in [-0.15, -0.1) is 0 Å². The van der Waals surface area contributed by atoms with Gasteiger partial charge in [0.15, 0.2) is 23.1 Å². The molecule has 3 rings (SSSR count). The number of carbonyl (C=O) groups excluding carboxylic acids is 2. The minimum absolute atomic E-state index is 0.233. The van der Waals surface area contributed by atoms with Crippen LogP contribution in [0.3, 0.4) is 0 Å². The van der Waals surface area contributed by atoms with E-state index < -0.39 is 17.5 Å². The van der Waals surface area contributed by atoms with Crippen LogP contribution in [-0.4, -0.2) is 17.2 Å². The summed E-state index contributed by atoms with van der Waals surface area (Å²) < 4.78 is 26.3. The zero-order chi connectivity index (χ0) is 17.1. The number of benzene rings is 2. The third-order valence-electron chi connectivity index (χ3n) is 3.26. The van der Waals surface area contributed by atoms with Gasteiger partial charge in [0.25, 0.3) is 5.91 Å². The molecule has 0 radical (unpaired) electrons. The molecule has 4 nitrogen and oxygen atoms in total. The number of hydrogen-bond donors (Lipinski definition) is 1. The van der Waals surface area contributed by atoms with Crippen molar-refractivity contribution in [1.29, 1.82) is 0 Å². The summed E-state index contributed by atoms with van der Waals surface area (Å²) in [5.41, 5.74) is 0.963. The molecule has 0 fully saturated rings. The molecule has 0 saturated heterocycles. The normalized spacial score (nSPS) is 10.4. The van der Waals surface area contributed by atoms with Crippen molar-refractivity contribution < 1.29 is 18.4 Å². The van der Waals surface area contributed by atoms with Crippen molar-refractivity contribution in [3.8, 4) is 10.4 Å². The zero-order valence-electron chi connectivity index (χ0n) is 12.1. The molecule has 0 bridgehead atoms. The lowest BCUT2D eigenvalue weighted by Gasteiger charge is -2.03. The summed E-state index contributed by atoms with van der Waals surface area (Å²) in [5, 5.41) is 2.88. The lowest BCUT2D eigenvalue weighted by atomic mass is 10.1. The van der Waals surface area contributed by atoms with E-state index in [2.05, 4.69) is 10.3 Å². The van der Waals surface area contributed by atoms with Gasteiger partial charge in [-0.3, -0.25) is 14.9 Å². The number of amides is 1. The Labute approximate surface area is 139 Å². The van der Waals surface area contributed by atoms with E-state index in [1.54, 1.807) is 12.1 Å². The number of carbonyl (C=O) groups is 2. The summed E-state index contributed by atoms with van der Waals surface area (Å²) >= 11 is 1.12. The summed E-state index contributed by atoms with van der Waals surface area (Å²) in [6, 6.07) is 9.90. The number of nitrogens with one attached hydrogen (secondary N) is 1. The molecular weight excluding hydrogens is 334 g/mol. The van der Waals surface area contributed by atoms with E-state index in [-0.39, 0.29) is 11.1 Å². The molecule has 1 heterocycles. The molecule has 1 amide bonds. The van der Waals surface area contributed by atoms with E-state index in [9.17, 15) is 18.4 Å². The van der Waals surface area contributed by atoms with Crippen LogP contribution in [0.2, 0.25) is 0 Å². The first kappa shape index (κ1) is 15.9. The highest BCUT2D eigenvalue weighted by atomic mass is 32.1. The van der Waals surface area contributed by atoms with Gasteiger partial charge in [0.05, 0.1) is 10.4 Å². The second kappa shape index (κ2) is 6.67. The van der Waals surface area contributed by atoms with Crippen LogP contribution in [0.5, 0.6) is 0 Å². The van der Waals surface area contributed by atoms with Crippen LogP contribution >= 0.6 is 11.3 Å². The number of halogens is 2. The molecule has 0 saturated carbocycles. The van der Waals surface area contributed by atoms with E-state index >= 15 is 0 Å². The van der Waals surface area contributed by atoms with Gasteiger partial charge in [0.2, 0.25) is 0 Å². The summed E-state index contributed by atoms with van der Waals surface area (Å²) in [5.74, 6) is -2.35. The molecule has 0 spiro atoms. The van der Waals surface area contributed by atoms with E-state index in [1.807, 2.05) is 0 Å². The zero-order valence-corrected chi connectivity index (χ0v) is 12.9. The van der Waals surface area contributed by atoms with Crippen LogP contribution in [0.4, 0.5) is 13.9 Å². The SMILES string of the molecule is O=Cc1ccccc1C(=O)Nc1ncc(-c2ccc(F)c(F)c2)s1. The average molecular weight is 344 g/mol. The number of thiazole rings is 1. The minimum Gasteiger partial charge on any atom is -0.298 e. The van der Waals surface area contributed by atoms with Crippen LogP contribution < -0.4 is 5.32 Å². The van der Waals surface area contributed by atoms with Crippen molar-refractivity contribution in [1.82, 2.24) is 4.98 Å². The fourth-order valence-electron chi connectivity index (χ4n) is 2.09. The van der Waals surface area contributed by atoms with Crippen molar-refractivity contribution in [3.63, 3.8) is 0 Å². The minimum atomic E-state index is -0.952. The third-order valence-corrected chi connectivity index (χ3v) is 4.22. The smallest absolute Gasteiger partial charge is 0.258 e. The molecule has 120 valence electrons. The Bertz CT molecular complexity index is 924. The van der Waals surface area contributed by atoms with Crippen molar-refractivity contribution in [2.24, 2.45) is 0 Å². The van der Waals surface area contributed by atoms with E-state index in [0.29, 0.717) is 21.9 Å². The topological polar surface area (TPSA) is 59.1 Å². The maximum atomic E-state index is 13.3. The van der Waals surface area contributed by atoms with Gasteiger partial charge in [-0.25, -0.2) is 13.8 Å². The fraction of sp³-hybridized carbons (Fsp3) is 0. The molecule has 2 aromatic carbocycles. The second-order valence-corrected chi connectivity index (χ2v) is 5.85. The number of anilines is 1. The highest BCUT2D eigenvalue weighted by Crippen LogP contribution is 2.30. The van der Waals surface area contributed by atoms with Crippen LogP contribution in [0, 0.1) is 11.6 Å². The maximum absolute atomic E-state index is 13.3. The Kier molecular flexibility index (Phi) is 4.43. The summed E-state index contributed by atoms with van der Waals surface area (Å²) in [6.07, 6.45) is 2.06. The van der Waals surface area contributed by atoms with Crippen LogP contribution in [0.15, 0.2) is 48.7 Å². The molecular formula is C17H10F2N2O2S. The standard InChI is InChI=1S/C17H10F2N2O2S/c18-13-6-5-10(7-14(13)19)15-8-20-17(24-15)21-16(23)12-4-2-1-3-11(12)9-22/h1-9H,(H,20,21,23). The Balaban J connectivity index is 1.82. The van der Waals surface area contributed by atoms with E-state index in [4.69, 9.17) is 0 Å². The Morgan fingerprint density at radius 2 is 1.92 bits per heavy atom. The molecule has 1 N–H and O–H groups in total. The van der Waals surface area contributed by atoms with Crippen LogP contribution in [0.25, 0.3) is 10.4 Å². The largest absolute Gasteiger partial charge is 0.298 e. The van der Waals surface area contributed by atoms with Crippen molar-refractivity contribution in [2.45, 2.75) is 0 Å². The number of hydrogen-bond acceptors (Lipinski definition) is 4. The van der Waals surface area contributed by atoms with Gasteiger partial charge in [-0.05, 0) is 23.8 Å². The summed E-state index contributed by atoms with van der Waals surface area (Å²) in [7, 11) is 0. The van der Waals surface area contributed by atoms with Gasteiger partial charge < -0.3 is 0 Å². The number of aldehydes is 1. The maximum Gasteiger partial charge on any atom is 0.258 e. The molecule has 0 aliphatic heterocycles. The first-order valence-electron chi connectivity index (χ1n) is 6.85. The first-order valence-corrected chi connectivity index (χ1v) is 7.67. The monoisotopic (exact) mass is 344 g/mol. The molecule has 3 aromatic rings. The predicted octanol–water partition coefficient (Wildman–Crippen LogP) is 4.15. The highest BCUT2D eigenvalue weighted by molar-refractivity contribution is 7.19. The van der Waals surface area contributed by atoms with Gasteiger partial charge >= 0.3 is 0 Å².